The van der Waals surface area contributed by atoms with Gasteiger partial charge in [0.1, 0.15) is 5.54 Å². The SMILES string of the molecule is CC1(C)C(=O)NCCN1C(=O)Cc1ccc(Cl)cc1Cl. The van der Waals surface area contributed by atoms with Gasteiger partial charge in [0.15, 0.2) is 0 Å². The smallest absolute Gasteiger partial charge is 0.245 e. The molecule has 2 rings (SSSR count). The van der Waals surface area contributed by atoms with Gasteiger partial charge in [-0.15, -0.1) is 0 Å². The van der Waals surface area contributed by atoms with Crippen LogP contribution in [0.4, 0.5) is 0 Å². The van der Waals surface area contributed by atoms with Gasteiger partial charge in [-0.3, -0.25) is 9.59 Å². The van der Waals surface area contributed by atoms with Crippen LogP contribution < -0.4 is 5.32 Å². The topological polar surface area (TPSA) is 49.4 Å². The molecule has 1 saturated heterocycles. The average molecular weight is 315 g/mol. The van der Waals surface area contributed by atoms with Crippen LogP contribution in [0.1, 0.15) is 19.4 Å². The normalized spacial score (nSPS) is 17.8. The van der Waals surface area contributed by atoms with Crippen LogP contribution in [0.25, 0.3) is 0 Å². The first kappa shape index (κ1) is 15.1. The summed E-state index contributed by atoms with van der Waals surface area (Å²) in [5, 5.41) is 3.76. The van der Waals surface area contributed by atoms with E-state index in [9.17, 15) is 9.59 Å². The first-order chi connectivity index (χ1) is 9.32. The Labute approximate surface area is 128 Å². The number of benzene rings is 1. The van der Waals surface area contributed by atoms with Crippen LogP contribution in [-0.2, 0) is 16.0 Å². The fraction of sp³-hybridized carbons (Fsp3) is 0.429. The van der Waals surface area contributed by atoms with Gasteiger partial charge in [0.2, 0.25) is 11.8 Å². The van der Waals surface area contributed by atoms with Crippen molar-refractivity contribution in [3.05, 3.63) is 33.8 Å². The predicted molar refractivity (Wildman–Crippen MR) is 79.0 cm³/mol. The molecule has 0 saturated carbocycles. The number of nitrogens with zero attached hydrogens (tertiary/aromatic N) is 1. The molecule has 1 heterocycles. The van der Waals surface area contributed by atoms with Crippen molar-refractivity contribution in [3.63, 3.8) is 0 Å². The number of carbonyl (C=O) groups is 2. The van der Waals surface area contributed by atoms with E-state index in [4.69, 9.17) is 23.2 Å². The van der Waals surface area contributed by atoms with Gasteiger partial charge in [0.05, 0.1) is 6.42 Å². The fourth-order valence-electron chi connectivity index (χ4n) is 2.26. The molecule has 1 aromatic carbocycles. The van der Waals surface area contributed by atoms with E-state index >= 15 is 0 Å². The molecule has 0 bridgehead atoms. The van der Waals surface area contributed by atoms with Gasteiger partial charge >= 0.3 is 0 Å². The zero-order chi connectivity index (χ0) is 14.9. The second-order valence-electron chi connectivity index (χ2n) is 5.27. The Hall–Kier alpha value is -1.26. The Balaban J connectivity index is 2.17. The molecular weight excluding hydrogens is 299 g/mol. The molecule has 0 unspecified atom stereocenters. The molecule has 108 valence electrons. The molecule has 1 aromatic rings. The van der Waals surface area contributed by atoms with Gasteiger partial charge in [-0.2, -0.15) is 0 Å². The van der Waals surface area contributed by atoms with Crippen LogP contribution in [-0.4, -0.2) is 35.3 Å². The third kappa shape index (κ3) is 2.91. The van der Waals surface area contributed by atoms with Crippen LogP contribution in [0.15, 0.2) is 18.2 Å². The highest BCUT2D eigenvalue weighted by Gasteiger charge is 2.40. The predicted octanol–water partition coefficient (Wildman–Crippen LogP) is 2.27. The molecule has 0 spiro atoms. The highest BCUT2D eigenvalue weighted by molar-refractivity contribution is 6.35. The monoisotopic (exact) mass is 314 g/mol. The summed E-state index contributed by atoms with van der Waals surface area (Å²) < 4.78 is 0. The molecular formula is C14H16Cl2N2O2. The maximum Gasteiger partial charge on any atom is 0.245 e. The minimum Gasteiger partial charge on any atom is -0.352 e. The first-order valence-electron chi connectivity index (χ1n) is 6.35. The Kier molecular flexibility index (Phi) is 4.25. The van der Waals surface area contributed by atoms with E-state index in [1.165, 1.54) is 0 Å². The van der Waals surface area contributed by atoms with E-state index in [0.29, 0.717) is 28.7 Å². The zero-order valence-corrected chi connectivity index (χ0v) is 12.9. The van der Waals surface area contributed by atoms with E-state index < -0.39 is 5.54 Å². The zero-order valence-electron chi connectivity index (χ0n) is 11.4. The number of hydrogen-bond acceptors (Lipinski definition) is 2. The lowest BCUT2D eigenvalue weighted by Crippen LogP contribution is -2.63. The molecule has 4 nitrogen and oxygen atoms in total. The van der Waals surface area contributed by atoms with Crippen molar-refractivity contribution in [3.8, 4) is 0 Å². The van der Waals surface area contributed by atoms with E-state index in [2.05, 4.69) is 5.32 Å². The molecule has 1 N–H and O–H groups in total. The summed E-state index contributed by atoms with van der Waals surface area (Å²) in [5.41, 5.74) is -0.128. The summed E-state index contributed by atoms with van der Waals surface area (Å²) in [5.74, 6) is -0.256. The van der Waals surface area contributed by atoms with Crippen LogP contribution in [0.2, 0.25) is 10.0 Å². The summed E-state index contributed by atoms with van der Waals surface area (Å²) in [6.45, 7) is 4.46. The highest BCUT2D eigenvalue weighted by Crippen LogP contribution is 2.24. The third-order valence-electron chi connectivity index (χ3n) is 3.51. The molecule has 0 atom stereocenters. The van der Waals surface area contributed by atoms with Crippen molar-refractivity contribution >= 4 is 35.0 Å². The Bertz CT molecular complexity index is 558. The van der Waals surface area contributed by atoms with E-state index in [1.54, 1.807) is 36.9 Å². The van der Waals surface area contributed by atoms with Crippen molar-refractivity contribution < 1.29 is 9.59 Å². The minimum absolute atomic E-state index is 0.117. The number of hydrogen-bond donors (Lipinski definition) is 1. The Morgan fingerprint density at radius 2 is 2.10 bits per heavy atom. The fourth-order valence-corrected chi connectivity index (χ4v) is 2.73. The molecule has 20 heavy (non-hydrogen) atoms. The second-order valence-corrected chi connectivity index (χ2v) is 6.12. The van der Waals surface area contributed by atoms with Crippen molar-refractivity contribution in [1.29, 1.82) is 0 Å². The number of piperazine rings is 1. The molecule has 0 aliphatic carbocycles. The lowest BCUT2D eigenvalue weighted by Gasteiger charge is -2.41. The molecule has 2 amide bonds. The van der Waals surface area contributed by atoms with Gasteiger partial charge in [0, 0.05) is 23.1 Å². The van der Waals surface area contributed by atoms with Crippen molar-refractivity contribution in [2.45, 2.75) is 25.8 Å². The first-order valence-corrected chi connectivity index (χ1v) is 7.10. The molecule has 0 aromatic heterocycles. The Morgan fingerprint density at radius 1 is 1.40 bits per heavy atom. The number of nitrogens with one attached hydrogen (secondary N) is 1. The lowest BCUT2D eigenvalue weighted by molar-refractivity contribution is -0.148. The van der Waals surface area contributed by atoms with Crippen LogP contribution >= 0.6 is 23.2 Å². The second kappa shape index (κ2) is 5.62. The maximum absolute atomic E-state index is 12.4. The lowest BCUT2D eigenvalue weighted by atomic mass is 9.97. The molecule has 6 heteroatoms. The number of carbonyl (C=O) groups excluding carboxylic acids is 2. The van der Waals surface area contributed by atoms with Crippen LogP contribution in [0.5, 0.6) is 0 Å². The summed E-state index contributed by atoms with van der Waals surface area (Å²) >= 11 is 11.9. The van der Waals surface area contributed by atoms with E-state index in [1.807, 2.05) is 0 Å². The van der Waals surface area contributed by atoms with Crippen molar-refractivity contribution in [2.75, 3.05) is 13.1 Å². The standard InChI is InChI=1S/C14H16Cl2N2O2/c1-14(2)13(20)17-5-6-18(14)12(19)7-9-3-4-10(15)8-11(9)16/h3-4,8H,5-7H2,1-2H3,(H,17,20). The third-order valence-corrected chi connectivity index (χ3v) is 4.10. The minimum atomic E-state index is -0.839. The van der Waals surface area contributed by atoms with Crippen LogP contribution in [0, 0.1) is 0 Å². The maximum atomic E-state index is 12.4. The molecule has 1 aliphatic rings. The van der Waals surface area contributed by atoms with Crippen LogP contribution in [0.3, 0.4) is 0 Å². The van der Waals surface area contributed by atoms with E-state index in [-0.39, 0.29) is 18.2 Å². The Morgan fingerprint density at radius 3 is 2.75 bits per heavy atom. The molecule has 1 fully saturated rings. The van der Waals surface area contributed by atoms with Gasteiger partial charge in [-0.25, -0.2) is 0 Å². The largest absolute Gasteiger partial charge is 0.352 e. The number of rotatable bonds is 2. The van der Waals surface area contributed by atoms with Crippen molar-refractivity contribution in [2.24, 2.45) is 0 Å². The average Bonchev–Trinajstić information content (AvgIpc) is 2.36. The van der Waals surface area contributed by atoms with Crippen molar-refractivity contribution in [1.82, 2.24) is 10.2 Å². The number of halogens is 2. The quantitative estimate of drug-likeness (QED) is 0.910. The molecule has 1 aliphatic heterocycles. The highest BCUT2D eigenvalue weighted by atomic mass is 35.5. The van der Waals surface area contributed by atoms with E-state index in [0.717, 1.165) is 0 Å². The van der Waals surface area contributed by atoms with Gasteiger partial charge in [0.25, 0.3) is 0 Å². The van der Waals surface area contributed by atoms with Gasteiger partial charge < -0.3 is 10.2 Å². The summed E-state index contributed by atoms with van der Waals surface area (Å²) in [6, 6.07) is 5.05. The van der Waals surface area contributed by atoms with Gasteiger partial charge in [-0.1, -0.05) is 29.3 Å². The van der Waals surface area contributed by atoms with Gasteiger partial charge in [-0.05, 0) is 31.5 Å². The summed E-state index contributed by atoms with van der Waals surface area (Å²) in [7, 11) is 0. The summed E-state index contributed by atoms with van der Waals surface area (Å²) in [6.07, 6.45) is 0.159. The number of amides is 2. The molecule has 0 radical (unpaired) electrons. The summed E-state index contributed by atoms with van der Waals surface area (Å²) in [4.78, 5) is 25.9.